The highest BCUT2D eigenvalue weighted by atomic mass is 16.3. The van der Waals surface area contributed by atoms with Crippen LogP contribution in [0.25, 0.3) is 0 Å². The molecular formula is C48H68N2O4. The van der Waals surface area contributed by atoms with Gasteiger partial charge in [0.2, 0.25) is 0 Å². The molecular weight excluding hydrogens is 669 g/mol. The van der Waals surface area contributed by atoms with Crippen LogP contribution in [0.2, 0.25) is 0 Å². The number of aliphatic hydroxyl groups excluding tert-OH is 1. The molecule has 2 spiro atoms. The van der Waals surface area contributed by atoms with Crippen LogP contribution in [0, 0.1) is 62.6 Å². The molecule has 3 N–H and O–H groups in total. The molecule has 54 heavy (non-hydrogen) atoms. The summed E-state index contributed by atoms with van der Waals surface area (Å²) < 4.78 is 0. The van der Waals surface area contributed by atoms with Crippen molar-refractivity contribution in [3.8, 4) is 0 Å². The first-order valence-electron chi connectivity index (χ1n) is 22.2. The molecule has 7 fully saturated rings. The molecule has 6 nitrogen and oxygen atoms in total. The molecule has 0 heterocycles. The summed E-state index contributed by atoms with van der Waals surface area (Å²) in [5.74, 6) is 2.68. The van der Waals surface area contributed by atoms with Gasteiger partial charge in [0.15, 0.2) is 5.78 Å². The topological polar surface area (TPSA) is 89.9 Å². The zero-order valence-electron chi connectivity index (χ0n) is 33.9. The van der Waals surface area contributed by atoms with Crippen molar-refractivity contribution in [3.63, 3.8) is 0 Å². The fourth-order valence-corrected chi connectivity index (χ4v) is 15.3. The summed E-state index contributed by atoms with van der Waals surface area (Å²) in [6.45, 7) is 12.7. The molecule has 6 heteroatoms. The summed E-state index contributed by atoms with van der Waals surface area (Å²) in [6, 6.07) is 10.00. The lowest BCUT2D eigenvalue weighted by molar-refractivity contribution is -0.179. The summed E-state index contributed by atoms with van der Waals surface area (Å²) in [4.78, 5) is 31.6. The van der Waals surface area contributed by atoms with Gasteiger partial charge in [-0.05, 0) is 130 Å². The number of hydrogen-bond acceptors (Lipinski definition) is 4. The number of rotatable bonds is 8. The van der Waals surface area contributed by atoms with Crippen LogP contribution in [0.1, 0.15) is 143 Å². The SMILES string of the molecule is CC(NC(=O)N(CC1CCC2CC1C2(C)C)CC1(O)CCC2C34C=CC5(C=C3C(=O)C3CCCCC3)CC(O)CCC5(C)C4CCC21C)c1ccccc1. The monoisotopic (exact) mass is 737 g/mol. The first kappa shape index (κ1) is 37.2. The molecule has 0 saturated heterocycles. The van der Waals surface area contributed by atoms with E-state index in [0.29, 0.717) is 54.9 Å². The van der Waals surface area contributed by atoms with E-state index >= 15 is 4.79 Å². The second-order valence-corrected chi connectivity index (χ2v) is 21.2. The zero-order valence-corrected chi connectivity index (χ0v) is 33.9. The molecule has 2 amide bonds. The van der Waals surface area contributed by atoms with Gasteiger partial charge in [0.25, 0.3) is 0 Å². The molecule has 0 radical (unpaired) electrons. The normalized spacial score (nSPS) is 44.9. The Morgan fingerprint density at radius 2 is 1.57 bits per heavy atom. The highest BCUT2D eigenvalue weighted by Gasteiger charge is 2.74. The summed E-state index contributed by atoms with van der Waals surface area (Å²) in [5.41, 5.74) is 0.142. The smallest absolute Gasteiger partial charge is 0.317 e. The van der Waals surface area contributed by atoms with Crippen molar-refractivity contribution in [3.05, 3.63) is 59.7 Å². The van der Waals surface area contributed by atoms with Crippen molar-refractivity contribution in [1.82, 2.24) is 10.2 Å². The van der Waals surface area contributed by atoms with Crippen molar-refractivity contribution in [2.24, 2.45) is 62.6 Å². The van der Waals surface area contributed by atoms with Crippen molar-refractivity contribution in [2.75, 3.05) is 13.1 Å². The summed E-state index contributed by atoms with van der Waals surface area (Å²) in [5, 5.41) is 27.8. The quantitative estimate of drug-likeness (QED) is 0.232. The predicted molar refractivity (Wildman–Crippen MR) is 213 cm³/mol. The Labute approximate surface area is 325 Å². The van der Waals surface area contributed by atoms with Crippen LogP contribution in [-0.4, -0.2) is 51.7 Å². The number of carbonyl (C=O) groups is 2. The van der Waals surface area contributed by atoms with Crippen molar-refractivity contribution < 1.29 is 19.8 Å². The maximum absolute atomic E-state index is 15.0. The van der Waals surface area contributed by atoms with Crippen LogP contribution in [-0.2, 0) is 4.79 Å². The third-order valence-corrected chi connectivity index (χ3v) is 18.8. The molecule has 0 aliphatic heterocycles. The second kappa shape index (κ2) is 12.8. The van der Waals surface area contributed by atoms with Crippen LogP contribution < -0.4 is 5.32 Å². The predicted octanol–water partition coefficient (Wildman–Crippen LogP) is 9.57. The molecule has 1 aromatic carbocycles. The van der Waals surface area contributed by atoms with Crippen LogP contribution >= 0.6 is 0 Å². The van der Waals surface area contributed by atoms with Gasteiger partial charge in [0.05, 0.1) is 24.3 Å². The Kier molecular flexibility index (Phi) is 8.80. The van der Waals surface area contributed by atoms with Crippen LogP contribution in [0.5, 0.6) is 0 Å². The number of Topliss-reactive ketones (excluding diaryl/α,β-unsaturated/α-hetero) is 1. The Morgan fingerprint density at radius 1 is 0.870 bits per heavy atom. The van der Waals surface area contributed by atoms with Gasteiger partial charge < -0.3 is 20.4 Å². The number of nitrogens with one attached hydrogen (secondary N) is 1. The molecule has 0 aromatic heterocycles. The third kappa shape index (κ3) is 5.16. The lowest BCUT2D eigenvalue weighted by Gasteiger charge is -2.71. The number of nitrogens with zero attached hydrogens (tertiary/aromatic N) is 1. The standard InChI is InChI=1S/C48H68N2O4/c1-31(32-12-8-6-9-13-32)49-42(53)50(29-34-16-17-35-26-37(34)43(35,2)3)30-47(54)23-20-40-45(47,5)22-19-39-44(4)21-18-36(51)27-46(44)24-25-48(39,40)38(28-46)41(52)33-14-10-7-11-15-33/h6,8-9,12-13,24-25,28,31,33-37,39-40,51,54H,7,10-11,14-23,26-27,29-30H2,1-5H3,(H,49,53). The fraction of sp³-hybridized carbons (Fsp3) is 0.750. The summed E-state index contributed by atoms with van der Waals surface area (Å²) >= 11 is 0. The van der Waals surface area contributed by atoms with E-state index in [1.807, 2.05) is 23.1 Å². The number of ketones is 1. The summed E-state index contributed by atoms with van der Waals surface area (Å²) in [7, 11) is 0. The van der Waals surface area contributed by atoms with Gasteiger partial charge in [-0.15, -0.1) is 0 Å². The van der Waals surface area contributed by atoms with Crippen molar-refractivity contribution >= 4 is 11.8 Å². The van der Waals surface area contributed by atoms with Gasteiger partial charge in [0.1, 0.15) is 0 Å². The van der Waals surface area contributed by atoms with E-state index in [0.717, 1.165) is 81.3 Å². The third-order valence-electron chi connectivity index (χ3n) is 18.8. The van der Waals surface area contributed by atoms with E-state index in [-0.39, 0.29) is 40.8 Å². The van der Waals surface area contributed by atoms with Crippen molar-refractivity contribution in [1.29, 1.82) is 0 Å². The average Bonchev–Trinajstić information content (AvgIpc) is 3.44. The number of fused-ring (bicyclic) bond motifs is 3. The summed E-state index contributed by atoms with van der Waals surface area (Å²) in [6.07, 6.45) is 21.8. The average molecular weight is 737 g/mol. The van der Waals surface area contributed by atoms with E-state index in [2.05, 4.69) is 70.3 Å². The Hall–Kier alpha value is -2.44. The molecule has 10 aliphatic carbocycles. The largest absolute Gasteiger partial charge is 0.393 e. The van der Waals surface area contributed by atoms with Gasteiger partial charge in [-0.25, -0.2) is 4.79 Å². The second-order valence-electron chi connectivity index (χ2n) is 21.2. The highest BCUT2D eigenvalue weighted by molar-refractivity contribution is 6.00. The fourth-order valence-electron chi connectivity index (χ4n) is 15.3. The first-order chi connectivity index (χ1) is 25.7. The molecule has 294 valence electrons. The molecule has 10 aliphatic rings. The minimum atomic E-state index is -1.07. The van der Waals surface area contributed by atoms with Gasteiger partial charge in [-0.3, -0.25) is 4.79 Å². The molecule has 12 atom stereocenters. The molecule has 12 unspecified atom stereocenters. The minimum absolute atomic E-state index is 0.0344. The molecule has 1 aromatic rings. The Balaban J connectivity index is 1.07. The number of urea groups is 1. The van der Waals surface area contributed by atoms with Crippen LogP contribution in [0.4, 0.5) is 4.79 Å². The van der Waals surface area contributed by atoms with Gasteiger partial charge in [-0.1, -0.05) is 95.5 Å². The number of allylic oxidation sites excluding steroid dienone is 4. The van der Waals surface area contributed by atoms with Crippen LogP contribution in [0.15, 0.2) is 54.1 Å². The minimum Gasteiger partial charge on any atom is -0.393 e. The number of carbonyl (C=O) groups excluding carboxylic acids is 2. The number of aliphatic hydroxyl groups is 2. The van der Waals surface area contributed by atoms with E-state index in [9.17, 15) is 15.0 Å². The van der Waals surface area contributed by atoms with E-state index < -0.39 is 16.4 Å². The lowest BCUT2D eigenvalue weighted by Crippen LogP contribution is -2.68. The van der Waals surface area contributed by atoms with Crippen LogP contribution in [0.3, 0.4) is 0 Å². The molecule has 4 bridgehead atoms. The van der Waals surface area contributed by atoms with Gasteiger partial charge in [-0.2, -0.15) is 0 Å². The Bertz CT molecular complexity index is 1710. The highest BCUT2D eigenvalue weighted by Crippen LogP contribution is 2.78. The molecule has 11 rings (SSSR count). The van der Waals surface area contributed by atoms with E-state index in [1.165, 1.54) is 19.3 Å². The molecule has 7 saturated carbocycles. The van der Waals surface area contributed by atoms with E-state index in [1.54, 1.807) is 0 Å². The number of benzene rings is 1. The van der Waals surface area contributed by atoms with Gasteiger partial charge >= 0.3 is 6.03 Å². The van der Waals surface area contributed by atoms with E-state index in [4.69, 9.17) is 0 Å². The first-order valence-corrected chi connectivity index (χ1v) is 22.2. The van der Waals surface area contributed by atoms with Gasteiger partial charge in [0, 0.05) is 34.3 Å². The Morgan fingerprint density at radius 3 is 2.30 bits per heavy atom. The maximum atomic E-state index is 15.0. The lowest BCUT2D eigenvalue weighted by atomic mass is 9.32. The number of amides is 2. The van der Waals surface area contributed by atoms with Crippen molar-refractivity contribution in [2.45, 2.75) is 149 Å². The number of hydrogen-bond donors (Lipinski definition) is 3. The zero-order chi connectivity index (χ0) is 37.9. The maximum Gasteiger partial charge on any atom is 0.317 e.